The summed E-state index contributed by atoms with van der Waals surface area (Å²) in [7, 11) is 0. The number of nitrogen functional groups attached to an aromatic ring is 1. The van der Waals surface area contributed by atoms with Gasteiger partial charge in [0.15, 0.2) is 0 Å². The molecule has 106 valence electrons. The van der Waals surface area contributed by atoms with Crippen LogP contribution in [-0.2, 0) is 6.18 Å². The third kappa shape index (κ3) is 2.41. The number of benzene rings is 1. The third-order valence-corrected chi connectivity index (χ3v) is 3.10. The van der Waals surface area contributed by atoms with Gasteiger partial charge in [-0.15, -0.1) is 0 Å². The van der Waals surface area contributed by atoms with Crippen molar-refractivity contribution < 1.29 is 18.3 Å². The van der Waals surface area contributed by atoms with Crippen molar-refractivity contribution in [2.24, 2.45) is 0 Å². The minimum absolute atomic E-state index is 0.144. The van der Waals surface area contributed by atoms with Crippen LogP contribution in [0.4, 0.5) is 19.0 Å². The first-order chi connectivity index (χ1) is 9.21. The summed E-state index contributed by atoms with van der Waals surface area (Å²) < 4.78 is 38.2. The molecular formula is C14H13F3N2O. The van der Waals surface area contributed by atoms with Gasteiger partial charge in [0, 0.05) is 11.1 Å². The van der Waals surface area contributed by atoms with Gasteiger partial charge in [-0.05, 0) is 31.5 Å². The van der Waals surface area contributed by atoms with Gasteiger partial charge < -0.3 is 10.8 Å². The topological polar surface area (TPSA) is 59.1 Å². The number of halogens is 3. The lowest BCUT2D eigenvalue weighted by molar-refractivity contribution is -0.137. The van der Waals surface area contributed by atoms with Gasteiger partial charge in [0.2, 0.25) is 0 Å². The van der Waals surface area contributed by atoms with E-state index in [0.717, 1.165) is 12.1 Å². The molecule has 0 spiro atoms. The fourth-order valence-corrected chi connectivity index (χ4v) is 2.00. The summed E-state index contributed by atoms with van der Waals surface area (Å²) in [6.07, 6.45) is -4.43. The summed E-state index contributed by atoms with van der Waals surface area (Å²) in [5, 5.41) is 10.1. The number of rotatable bonds is 1. The first kappa shape index (κ1) is 14.2. The summed E-state index contributed by atoms with van der Waals surface area (Å²) in [6.45, 7) is 3.15. The summed E-state index contributed by atoms with van der Waals surface area (Å²) in [5.41, 5.74) is 6.09. The van der Waals surface area contributed by atoms with Crippen LogP contribution in [0.1, 0.15) is 16.8 Å². The van der Waals surface area contributed by atoms with E-state index in [4.69, 9.17) is 5.73 Å². The zero-order valence-corrected chi connectivity index (χ0v) is 10.9. The minimum atomic E-state index is -4.43. The number of pyridine rings is 1. The second kappa shape index (κ2) is 4.70. The van der Waals surface area contributed by atoms with E-state index in [1.54, 1.807) is 13.8 Å². The maximum Gasteiger partial charge on any atom is 0.416 e. The van der Waals surface area contributed by atoms with Crippen molar-refractivity contribution in [3.63, 3.8) is 0 Å². The zero-order chi connectivity index (χ0) is 15.1. The molecule has 1 heterocycles. The van der Waals surface area contributed by atoms with Gasteiger partial charge in [0.05, 0.1) is 11.3 Å². The second-order valence-corrected chi connectivity index (χ2v) is 4.51. The summed E-state index contributed by atoms with van der Waals surface area (Å²) >= 11 is 0. The van der Waals surface area contributed by atoms with Crippen LogP contribution >= 0.6 is 0 Å². The molecule has 0 fully saturated rings. The number of nitrogens with two attached hydrogens (primary N) is 1. The van der Waals surface area contributed by atoms with Crippen molar-refractivity contribution in [2.45, 2.75) is 20.0 Å². The van der Waals surface area contributed by atoms with E-state index in [1.165, 1.54) is 12.1 Å². The summed E-state index contributed by atoms with van der Waals surface area (Å²) in [6, 6.07) is 4.75. The molecule has 20 heavy (non-hydrogen) atoms. The Bertz CT molecular complexity index is 666. The Hall–Kier alpha value is -2.24. The SMILES string of the molecule is Cc1nc(N)c(C)c(O)c1-c1cccc(C(F)(F)F)c1. The molecule has 3 N–H and O–H groups in total. The predicted octanol–water partition coefficient (Wildman–Crippen LogP) is 3.67. The molecule has 0 atom stereocenters. The van der Waals surface area contributed by atoms with Crippen molar-refractivity contribution in [1.82, 2.24) is 4.98 Å². The van der Waals surface area contributed by atoms with E-state index < -0.39 is 11.7 Å². The maximum absolute atomic E-state index is 12.7. The van der Waals surface area contributed by atoms with E-state index in [2.05, 4.69) is 4.98 Å². The molecule has 0 unspecified atom stereocenters. The van der Waals surface area contributed by atoms with Crippen LogP contribution in [0.5, 0.6) is 5.75 Å². The van der Waals surface area contributed by atoms with E-state index in [0.29, 0.717) is 11.3 Å². The van der Waals surface area contributed by atoms with Crippen LogP contribution < -0.4 is 5.73 Å². The predicted molar refractivity (Wildman–Crippen MR) is 70.2 cm³/mol. The Labute approximate surface area is 113 Å². The van der Waals surface area contributed by atoms with Crippen LogP contribution in [0.3, 0.4) is 0 Å². The number of nitrogens with zero attached hydrogens (tertiary/aromatic N) is 1. The van der Waals surface area contributed by atoms with Crippen molar-refractivity contribution in [3.8, 4) is 16.9 Å². The number of aromatic hydroxyl groups is 1. The van der Waals surface area contributed by atoms with Crippen LogP contribution in [0.15, 0.2) is 24.3 Å². The molecule has 0 aliphatic rings. The molecule has 1 aromatic heterocycles. The molecule has 0 saturated heterocycles. The Morgan fingerprint density at radius 3 is 2.45 bits per heavy atom. The second-order valence-electron chi connectivity index (χ2n) is 4.51. The van der Waals surface area contributed by atoms with Gasteiger partial charge in [-0.1, -0.05) is 12.1 Å². The molecule has 3 nitrogen and oxygen atoms in total. The van der Waals surface area contributed by atoms with Crippen LogP contribution in [0, 0.1) is 13.8 Å². The van der Waals surface area contributed by atoms with Gasteiger partial charge >= 0.3 is 6.18 Å². The number of anilines is 1. The molecule has 6 heteroatoms. The van der Waals surface area contributed by atoms with Gasteiger partial charge in [0.1, 0.15) is 11.6 Å². The van der Waals surface area contributed by atoms with Crippen LogP contribution in [0.25, 0.3) is 11.1 Å². The Kier molecular flexibility index (Phi) is 3.33. The smallest absolute Gasteiger partial charge is 0.416 e. The van der Waals surface area contributed by atoms with Crippen LogP contribution in [-0.4, -0.2) is 10.1 Å². The maximum atomic E-state index is 12.7. The van der Waals surface area contributed by atoms with E-state index >= 15 is 0 Å². The summed E-state index contributed by atoms with van der Waals surface area (Å²) in [5.74, 6) is 0.0186. The van der Waals surface area contributed by atoms with Crippen molar-refractivity contribution in [1.29, 1.82) is 0 Å². The highest BCUT2D eigenvalue weighted by atomic mass is 19.4. The van der Waals surface area contributed by atoms with E-state index in [-0.39, 0.29) is 22.7 Å². The Morgan fingerprint density at radius 1 is 1.20 bits per heavy atom. The highest BCUT2D eigenvalue weighted by molar-refractivity contribution is 5.76. The van der Waals surface area contributed by atoms with Crippen LogP contribution in [0.2, 0.25) is 0 Å². The lowest BCUT2D eigenvalue weighted by atomic mass is 9.99. The normalized spacial score (nSPS) is 11.7. The first-order valence-electron chi connectivity index (χ1n) is 5.85. The largest absolute Gasteiger partial charge is 0.507 e. The highest BCUT2D eigenvalue weighted by Crippen LogP contribution is 2.38. The Morgan fingerprint density at radius 2 is 1.85 bits per heavy atom. The Balaban J connectivity index is 2.67. The molecule has 0 amide bonds. The van der Waals surface area contributed by atoms with Gasteiger partial charge in [-0.2, -0.15) is 13.2 Å². The molecule has 0 aliphatic heterocycles. The van der Waals surface area contributed by atoms with Gasteiger partial charge in [0.25, 0.3) is 0 Å². The number of hydrogen-bond acceptors (Lipinski definition) is 3. The summed E-state index contributed by atoms with van der Waals surface area (Å²) in [4.78, 5) is 4.04. The molecular weight excluding hydrogens is 269 g/mol. The lowest BCUT2D eigenvalue weighted by Gasteiger charge is -2.14. The minimum Gasteiger partial charge on any atom is -0.507 e. The van der Waals surface area contributed by atoms with E-state index in [9.17, 15) is 18.3 Å². The molecule has 0 aliphatic carbocycles. The standard InChI is InChI=1S/C14H13F3N2O/c1-7-12(20)11(8(2)19-13(7)18)9-4-3-5-10(6-9)14(15,16)17/h3-6H,1-2H3,(H3,18,19,20). The van der Waals surface area contributed by atoms with Crippen molar-refractivity contribution in [3.05, 3.63) is 41.1 Å². The lowest BCUT2D eigenvalue weighted by Crippen LogP contribution is -2.05. The number of alkyl halides is 3. The molecule has 2 aromatic rings. The fourth-order valence-electron chi connectivity index (χ4n) is 2.00. The average Bonchev–Trinajstić information content (AvgIpc) is 2.35. The van der Waals surface area contributed by atoms with E-state index in [1.807, 2.05) is 0 Å². The molecule has 1 aromatic carbocycles. The first-order valence-corrected chi connectivity index (χ1v) is 5.85. The number of aromatic nitrogens is 1. The zero-order valence-electron chi connectivity index (χ0n) is 10.9. The average molecular weight is 282 g/mol. The van der Waals surface area contributed by atoms with Gasteiger partial charge in [-0.25, -0.2) is 4.98 Å². The van der Waals surface area contributed by atoms with Crippen molar-refractivity contribution >= 4 is 5.82 Å². The number of hydrogen-bond donors (Lipinski definition) is 2. The quantitative estimate of drug-likeness (QED) is 0.839. The van der Waals surface area contributed by atoms with Gasteiger partial charge in [-0.3, -0.25) is 0 Å². The fraction of sp³-hybridized carbons (Fsp3) is 0.214. The molecule has 0 radical (unpaired) electrons. The molecule has 0 saturated carbocycles. The monoisotopic (exact) mass is 282 g/mol. The highest BCUT2D eigenvalue weighted by Gasteiger charge is 2.30. The molecule has 0 bridgehead atoms. The number of aryl methyl sites for hydroxylation is 1. The molecule has 2 rings (SSSR count). The van der Waals surface area contributed by atoms with Crippen molar-refractivity contribution in [2.75, 3.05) is 5.73 Å². The third-order valence-electron chi connectivity index (χ3n) is 3.10.